The quantitative estimate of drug-likeness (QED) is 0.852. The second kappa shape index (κ2) is 7.80. The average molecular weight is 381 g/mol. The van der Waals surface area contributed by atoms with E-state index in [0.717, 1.165) is 11.3 Å². The van der Waals surface area contributed by atoms with E-state index >= 15 is 0 Å². The summed E-state index contributed by atoms with van der Waals surface area (Å²) in [6.07, 6.45) is 0.270. The van der Waals surface area contributed by atoms with Crippen molar-refractivity contribution in [3.05, 3.63) is 53.6 Å². The zero-order chi connectivity index (χ0) is 19.5. The van der Waals surface area contributed by atoms with Gasteiger partial charge in [0.05, 0.1) is 6.04 Å². The number of benzene rings is 2. The zero-order valence-electron chi connectivity index (χ0n) is 15.7. The lowest BCUT2D eigenvalue weighted by atomic mass is 10.1. The second-order valence-corrected chi connectivity index (χ2v) is 7.05. The molecule has 0 aromatic heterocycles. The molecule has 0 aliphatic carbocycles. The van der Waals surface area contributed by atoms with Crippen molar-refractivity contribution < 1.29 is 19.1 Å². The monoisotopic (exact) mass is 381 g/mol. The lowest BCUT2D eigenvalue weighted by Crippen LogP contribution is -2.43. The van der Waals surface area contributed by atoms with Gasteiger partial charge < -0.3 is 25.0 Å². The molecule has 7 nitrogen and oxygen atoms in total. The van der Waals surface area contributed by atoms with Crippen molar-refractivity contribution in [2.75, 3.05) is 24.7 Å². The third kappa shape index (κ3) is 4.03. The van der Waals surface area contributed by atoms with Gasteiger partial charge in [-0.25, -0.2) is 4.79 Å². The van der Waals surface area contributed by atoms with E-state index in [1.807, 2.05) is 49.4 Å². The van der Waals surface area contributed by atoms with Gasteiger partial charge in [-0.05, 0) is 24.6 Å². The minimum atomic E-state index is -0.276. The Morgan fingerprint density at radius 1 is 1.11 bits per heavy atom. The normalized spacial score (nSPS) is 18.1. The van der Waals surface area contributed by atoms with E-state index in [-0.39, 0.29) is 24.4 Å². The van der Waals surface area contributed by atoms with Gasteiger partial charge in [0.1, 0.15) is 13.2 Å². The van der Waals surface area contributed by atoms with Crippen LogP contribution in [0.2, 0.25) is 0 Å². The largest absolute Gasteiger partial charge is 0.486 e. The SMILES string of the molecule is Cc1ccc(CNC(=O)N[C@H]2CC(=O)N(c3ccc4c(c3)OCCO4)C2)cc1. The van der Waals surface area contributed by atoms with Gasteiger partial charge in [0.2, 0.25) is 5.91 Å². The maximum Gasteiger partial charge on any atom is 0.315 e. The van der Waals surface area contributed by atoms with E-state index in [0.29, 0.717) is 37.8 Å². The number of nitrogens with one attached hydrogen (secondary N) is 2. The third-order valence-electron chi connectivity index (χ3n) is 4.87. The van der Waals surface area contributed by atoms with E-state index in [1.54, 1.807) is 4.90 Å². The third-order valence-corrected chi connectivity index (χ3v) is 4.87. The van der Waals surface area contributed by atoms with Crippen molar-refractivity contribution in [2.45, 2.75) is 25.9 Å². The first kappa shape index (κ1) is 18.2. The fraction of sp³-hybridized carbons (Fsp3) is 0.333. The lowest BCUT2D eigenvalue weighted by molar-refractivity contribution is -0.117. The number of carbonyl (C=O) groups is 2. The van der Waals surface area contributed by atoms with Gasteiger partial charge in [0, 0.05) is 31.3 Å². The number of aryl methyl sites for hydroxylation is 1. The summed E-state index contributed by atoms with van der Waals surface area (Å²) < 4.78 is 11.1. The van der Waals surface area contributed by atoms with Gasteiger partial charge >= 0.3 is 6.03 Å². The number of anilines is 1. The molecule has 1 saturated heterocycles. The highest BCUT2D eigenvalue weighted by atomic mass is 16.6. The number of hydrogen-bond donors (Lipinski definition) is 2. The molecule has 0 radical (unpaired) electrons. The molecule has 2 aromatic rings. The number of fused-ring (bicyclic) bond motifs is 1. The van der Waals surface area contributed by atoms with Crippen molar-refractivity contribution in [1.29, 1.82) is 0 Å². The molecule has 28 heavy (non-hydrogen) atoms. The molecule has 2 N–H and O–H groups in total. The summed E-state index contributed by atoms with van der Waals surface area (Å²) >= 11 is 0. The summed E-state index contributed by atoms with van der Waals surface area (Å²) in [4.78, 5) is 26.3. The second-order valence-electron chi connectivity index (χ2n) is 7.05. The number of nitrogens with zero attached hydrogens (tertiary/aromatic N) is 1. The Balaban J connectivity index is 1.33. The maximum atomic E-state index is 12.4. The van der Waals surface area contributed by atoms with Crippen molar-refractivity contribution in [3.8, 4) is 11.5 Å². The Morgan fingerprint density at radius 3 is 2.64 bits per heavy atom. The van der Waals surface area contributed by atoms with E-state index in [2.05, 4.69) is 10.6 Å². The van der Waals surface area contributed by atoms with Crippen LogP contribution < -0.4 is 25.0 Å². The molecule has 146 valence electrons. The predicted octanol–water partition coefficient (Wildman–Crippen LogP) is 2.37. The number of amides is 3. The number of urea groups is 1. The van der Waals surface area contributed by atoms with Crippen molar-refractivity contribution in [3.63, 3.8) is 0 Å². The average Bonchev–Trinajstić information content (AvgIpc) is 3.07. The Morgan fingerprint density at radius 2 is 1.86 bits per heavy atom. The summed E-state index contributed by atoms with van der Waals surface area (Å²) in [5.41, 5.74) is 2.96. The first-order valence-corrected chi connectivity index (χ1v) is 9.38. The van der Waals surface area contributed by atoms with Crippen LogP contribution in [-0.2, 0) is 11.3 Å². The minimum Gasteiger partial charge on any atom is -0.486 e. The topological polar surface area (TPSA) is 79.9 Å². The fourth-order valence-corrected chi connectivity index (χ4v) is 3.38. The van der Waals surface area contributed by atoms with Crippen molar-refractivity contribution in [2.24, 2.45) is 0 Å². The zero-order valence-corrected chi connectivity index (χ0v) is 15.7. The molecule has 0 saturated carbocycles. The Labute approximate surface area is 163 Å². The molecule has 2 aromatic carbocycles. The van der Waals surface area contributed by atoms with Crippen LogP contribution in [0.4, 0.5) is 10.5 Å². The standard InChI is InChI=1S/C21H23N3O4/c1-14-2-4-15(5-3-14)12-22-21(26)23-16-10-20(25)24(13-16)17-6-7-18-19(11-17)28-9-8-27-18/h2-7,11,16H,8-10,12-13H2,1H3,(H2,22,23,26)/t16-/m0/s1. The summed E-state index contributed by atoms with van der Waals surface area (Å²) in [6, 6.07) is 12.9. The van der Waals surface area contributed by atoms with Gasteiger partial charge in [0.15, 0.2) is 11.5 Å². The van der Waals surface area contributed by atoms with Crippen LogP contribution in [-0.4, -0.2) is 37.7 Å². The molecule has 3 amide bonds. The van der Waals surface area contributed by atoms with Gasteiger partial charge in [-0.15, -0.1) is 0 Å². The number of rotatable bonds is 4. The highest BCUT2D eigenvalue weighted by molar-refractivity contribution is 5.97. The highest BCUT2D eigenvalue weighted by Gasteiger charge is 2.32. The smallest absolute Gasteiger partial charge is 0.315 e. The Kier molecular flexibility index (Phi) is 5.06. The first-order chi connectivity index (χ1) is 13.6. The Hall–Kier alpha value is -3.22. The molecule has 2 aliphatic heterocycles. The van der Waals surface area contributed by atoms with Crippen LogP contribution in [0.15, 0.2) is 42.5 Å². The number of carbonyl (C=O) groups excluding carboxylic acids is 2. The van der Waals surface area contributed by atoms with Crippen LogP contribution in [0.5, 0.6) is 11.5 Å². The van der Waals surface area contributed by atoms with Crippen molar-refractivity contribution in [1.82, 2.24) is 10.6 Å². The van der Waals surface area contributed by atoms with E-state index in [9.17, 15) is 9.59 Å². The summed E-state index contributed by atoms with van der Waals surface area (Å²) in [7, 11) is 0. The van der Waals surface area contributed by atoms with E-state index in [1.165, 1.54) is 5.56 Å². The molecular weight excluding hydrogens is 358 g/mol. The predicted molar refractivity (Wildman–Crippen MR) is 105 cm³/mol. The Bertz CT molecular complexity index is 882. The molecule has 1 fully saturated rings. The molecule has 2 heterocycles. The molecule has 0 unspecified atom stereocenters. The van der Waals surface area contributed by atoms with Crippen LogP contribution in [0.25, 0.3) is 0 Å². The van der Waals surface area contributed by atoms with Gasteiger partial charge in [0.25, 0.3) is 0 Å². The van der Waals surface area contributed by atoms with Gasteiger partial charge in [-0.2, -0.15) is 0 Å². The van der Waals surface area contributed by atoms with Gasteiger partial charge in [-0.3, -0.25) is 4.79 Å². The summed E-state index contributed by atoms with van der Waals surface area (Å²) in [5.74, 6) is 1.30. The van der Waals surface area contributed by atoms with Gasteiger partial charge in [-0.1, -0.05) is 29.8 Å². The van der Waals surface area contributed by atoms with Crippen LogP contribution in [0, 0.1) is 6.92 Å². The molecule has 4 rings (SSSR count). The number of hydrogen-bond acceptors (Lipinski definition) is 4. The number of ether oxygens (including phenoxy) is 2. The molecule has 2 aliphatic rings. The van der Waals surface area contributed by atoms with Crippen LogP contribution >= 0.6 is 0 Å². The first-order valence-electron chi connectivity index (χ1n) is 9.38. The van der Waals surface area contributed by atoms with E-state index in [4.69, 9.17) is 9.47 Å². The minimum absolute atomic E-state index is 0.0273. The van der Waals surface area contributed by atoms with E-state index < -0.39 is 0 Å². The molecule has 7 heteroatoms. The molecule has 0 bridgehead atoms. The summed E-state index contributed by atoms with van der Waals surface area (Å²) in [6.45, 7) is 3.91. The lowest BCUT2D eigenvalue weighted by Gasteiger charge is -2.22. The van der Waals surface area contributed by atoms with Crippen LogP contribution in [0.3, 0.4) is 0 Å². The summed E-state index contributed by atoms with van der Waals surface area (Å²) in [5, 5.41) is 5.72. The fourth-order valence-electron chi connectivity index (χ4n) is 3.38. The van der Waals surface area contributed by atoms with Crippen molar-refractivity contribution >= 4 is 17.6 Å². The molecule has 1 atom stereocenters. The highest BCUT2D eigenvalue weighted by Crippen LogP contribution is 2.35. The molecule has 0 spiro atoms. The molecular formula is C21H23N3O4. The maximum absolute atomic E-state index is 12.4. The van der Waals surface area contributed by atoms with Crippen LogP contribution in [0.1, 0.15) is 17.5 Å².